The van der Waals surface area contributed by atoms with E-state index in [1.807, 2.05) is 6.08 Å². The van der Waals surface area contributed by atoms with Crippen molar-refractivity contribution in [2.24, 2.45) is 11.8 Å². The minimum absolute atomic E-state index is 0.184. The molecule has 2 aromatic heterocycles. The molecule has 0 radical (unpaired) electrons. The normalized spacial score (nSPS) is 23.4. The van der Waals surface area contributed by atoms with Crippen LogP contribution in [0.5, 0.6) is 0 Å². The summed E-state index contributed by atoms with van der Waals surface area (Å²) in [7, 11) is 0. The topological polar surface area (TPSA) is 9.86 Å². The van der Waals surface area contributed by atoms with E-state index >= 15 is 0 Å². The molecule has 260 valence electrons. The summed E-state index contributed by atoms with van der Waals surface area (Å²) < 4.78 is 4.92. The summed E-state index contributed by atoms with van der Waals surface area (Å²) in [5.74, 6) is 8.07. The first-order valence-electron chi connectivity index (χ1n) is 19.7. The number of aryl methyl sites for hydroxylation is 2. The van der Waals surface area contributed by atoms with Crippen LogP contribution in [-0.2, 0) is 12.8 Å². The van der Waals surface area contributed by atoms with Crippen LogP contribution >= 0.6 is 0 Å². The molecule has 4 aromatic rings. The smallest absolute Gasteiger partial charge is 0.0580 e. The maximum Gasteiger partial charge on any atom is 0.0580 e. The fourth-order valence-electron chi connectivity index (χ4n) is 10.5. The average Bonchev–Trinajstić information content (AvgIpc) is 3.88. The summed E-state index contributed by atoms with van der Waals surface area (Å²) in [6.45, 7) is 11.2. The molecule has 0 bridgehead atoms. The molecule has 0 spiro atoms. The number of para-hydroxylation sites is 1. The summed E-state index contributed by atoms with van der Waals surface area (Å²) in [5, 5.41) is 0. The Morgan fingerprint density at radius 3 is 2.64 bits per heavy atom. The Kier molecular flexibility index (Phi) is 7.62. The second kappa shape index (κ2) is 12.6. The monoisotopic (exact) mass is 686 g/mol. The number of allylic oxidation sites excluding steroid dienone is 13. The molecule has 0 saturated carbocycles. The van der Waals surface area contributed by atoms with E-state index in [0.29, 0.717) is 17.8 Å². The minimum atomic E-state index is 0.184. The van der Waals surface area contributed by atoms with Gasteiger partial charge in [-0.15, -0.1) is 0 Å². The number of hydrogen-bond acceptors (Lipinski definition) is 0. The van der Waals surface area contributed by atoms with Gasteiger partial charge in [0.2, 0.25) is 0 Å². The molecule has 0 N–H and O–H groups in total. The maximum absolute atomic E-state index is 4.27. The van der Waals surface area contributed by atoms with Crippen LogP contribution in [-0.4, -0.2) is 9.13 Å². The van der Waals surface area contributed by atoms with Crippen molar-refractivity contribution in [3.63, 3.8) is 0 Å². The van der Waals surface area contributed by atoms with Gasteiger partial charge in [0, 0.05) is 57.7 Å². The van der Waals surface area contributed by atoms with Gasteiger partial charge in [0.1, 0.15) is 0 Å². The SMILES string of the molecule is C=Cc1c2c(n(-c3ccc(C4CC=C(C5C6=C(C=CCC6)C6=C5CCc5ccn(-c7ccccc7)c56)C=C4C)c(C)c3)c1CC)C=CC1C=CC#CC21. The van der Waals surface area contributed by atoms with Crippen LogP contribution in [0.25, 0.3) is 29.1 Å². The van der Waals surface area contributed by atoms with Gasteiger partial charge < -0.3 is 9.13 Å². The van der Waals surface area contributed by atoms with Crippen LogP contribution < -0.4 is 0 Å². The highest BCUT2D eigenvalue weighted by Crippen LogP contribution is 2.55. The van der Waals surface area contributed by atoms with Crippen LogP contribution in [0.1, 0.15) is 96.3 Å². The van der Waals surface area contributed by atoms with E-state index in [-0.39, 0.29) is 5.92 Å². The Bertz CT molecular complexity index is 2510. The number of nitrogens with zero attached hydrogens (tertiary/aromatic N) is 2. The number of benzene rings is 2. The minimum Gasteiger partial charge on any atom is -0.316 e. The van der Waals surface area contributed by atoms with Crippen molar-refractivity contribution in [3.8, 4) is 23.2 Å². The molecule has 4 atom stereocenters. The molecule has 0 amide bonds. The van der Waals surface area contributed by atoms with Gasteiger partial charge in [-0.05, 0) is 128 Å². The molecule has 10 rings (SSSR count). The van der Waals surface area contributed by atoms with Crippen LogP contribution in [0.3, 0.4) is 0 Å². The van der Waals surface area contributed by atoms with Crippen molar-refractivity contribution in [2.45, 2.75) is 71.1 Å². The molecular formula is C51H46N2. The quantitative estimate of drug-likeness (QED) is 0.179. The molecule has 6 aliphatic rings. The van der Waals surface area contributed by atoms with Gasteiger partial charge in [0.05, 0.1) is 17.3 Å². The van der Waals surface area contributed by atoms with E-state index < -0.39 is 0 Å². The van der Waals surface area contributed by atoms with Crippen LogP contribution in [0.2, 0.25) is 0 Å². The lowest BCUT2D eigenvalue weighted by molar-refractivity contribution is 0.708. The highest BCUT2D eigenvalue weighted by Gasteiger charge is 2.40. The highest BCUT2D eigenvalue weighted by atomic mass is 15.0. The van der Waals surface area contributed by atoms with Gasteiger partial charge in [-0.25, -0.2) is 0 Å². The maximum atomic E-state index is 4.27. The van der Waals surface area contributed by atoms with E-state index in [4.69, 9.17) is 0 Å². The number of rotatable bonds is 6. The molecule has 2 aromatic carbocycles. The van der Waals surface area contributed by atoms with Gasteiger partial charge >= 0.3 is 0 Å². The lowest BCUT2D eigenvalue weighted by Gasteiger charge is -2.30. The predicted octanol–water partition coefficient (Wildman–Crippen LogP) is 12.1. The number of fused-ring (bicyclic) bond motifs is 6. The molecule has 0 fully saturated rings. The van der Waals surface area contributed by atoms with Crippen molar-refractivity contribution in [3.05, 3.63) is 183 Å². The first-order chi connectivity index (χ1) is 26.1. The second-order valence-corrected chi connectivity index (χ2v) is 15.6. The van der Waals surface area contributed by atoms with E-state index in [2.05, 4.69) is 158 Å². The average molecular weight is 687 g/mol. The highest BCUT2D eigenvalue weighted by molar-refractivity contribution is 5.92. The lowest BCUT2D eigenvalue weighted by Crippen LogP contribution is -2.16. The third-order valence-corrected chi connectivity index (χ3v) is 12.9. The molecule has 0 aliphatic heterocycles. The largest absolute Gasteiger partial charge is 0.316 e. The third-order valence-electron chi connectivity index (χ3n) is 12.9. The number of aromatic nitrogens is 2. The standard InChI is InChI=1S/C51H46N2/c1-5-39-46(6-2)53(47-27-22-34-14-10-11-17-42(34)49(39)47)38-23-26-41(33(4)31-38)40-24-21-36(30-32(40)3)48-43-18-12-13-19-44(43)50-45(48)25-20-35-28-29-52(51(35)50)37-15-8-7-9-16-37/h5,7-10,13-16,19,21-23,26-31,34,40,42,48H,1,6,12,18,20,24-25H2,2-4H3. The second-order valence-electron chi connectivity index (χ2n) is 15.6. The fourth-order valence-corrected chi connectivity index (χ4v) is 10.5. The van der Waals surface area contributed by atoms with Crippen molar-refractivity contribution in [2.75, 3.05) is 0 Å². The Morgan fingerprint density at radius 2 is 1.83 bits per heavy atom. The van der Waals surface area contributed by atoms with Crippen LogP contribution in [0, 0.1) is 30.6 Å². The summed E-state index contributed by atoms with van der Waals surface area (Å²) >= 11 is 0. The van der Waals surface area contributed by atoms with E-state index in [1.54, 1.807) is 11.1 Å². The van der Waals surface area contributed by atoms with E-state index in [1.165, 1.54) is 78.6 Å². The van der Waals surface area contributed by atoms with Gasteiger partial charge in [0.15, 0.2) is 0 Å². The Hall–Kier alpha value is -5.52. The lowest BCUT2D eigenvalue weighted by atomic mass is 9.75. The first-order valence-corrected chi connectivity index (χ1v) is 19.7. The van der Waals surface area contributed by atoms with Crippen molar-refractivity contribution >= 4 is 17.7 Å². The van der Waals surface area contributed by atoms with Crippen LogP contribution in [0.4, 0.5) is 0 Å². The first kappa shape index (κ1) is 32.2. The molecule has 53 heavy (non-hydrogen) atoms. The summed E-state index contributed by atoms with van der Waals surface area (Å²) in [5.41, 5.74) is 22.6. The molecular weight excluding hydrogens is 641 g/mol. The van der Waals surface area contributed by atoms with Crippen molar-refractivity contribution < 1.29 is 0 Å². The van der Waals surface area contributed by atoms with E-state index in [0.717, 1.165) is 38.5 Å². The van der Waals surface area contributed by atoms with E-state index in [9.17, 15) is 0 Å². The van der Waals surface area contributed by atoms with Crippen molar-refractivity contribution in [1.82, 2.24) is 9.13 Å². The van der Waals surface area contributed by atoms with Gasteiger partial charge in [-0.1, -0.05) is 103 Å². The van der Waals surface area contributed by atoms with Crippen molar-refractivity contribution in [1.29, 1.82) is 0 Å². The summed E-state index contributed by atoms with van der Waals surface area (Å²) in [6, 6.07) is 20.4. The fraction of sp³-hybridized carbons (Fsp3) is 0.255. The zero-order valence-corrected chi connectivity index (χ0v) is 31.1. The Labute approximate surface area is 314 Å². The third kappa shape index (κ3) is 4.87. The van der Waals surface area contributed by atoms with Gasteiger partial charge in [-0.2, -0.15) is 0 Å². The summed E-state index contributed by atoms with van der Waals surface area (Å²) in [4.78, 5) is 0. The van der Waals surface area contributed by atoms with Gasteiger partial charge in [0.25, 0.3) is 0 Å². The van der Waals surface area contributed by atoms with Gasteiger partial charge in [-0.3, -0.25) is 0 Å². The summed E-state index contributed by atoms with van der Waals surface area (Å²) in [6.07, 6.45) is 29.8. The Balaban J connectivity index is 0.991. The zero-order valence-electron chi connectivity index (χ0n) is 31.1. The Morgan fingerprint density at radius 1 is 0.943 bits per heavy atom. The predicted molar refractivity (Wildman–Crippen MR) is 221 cm³/mol. The molecule has 4 unspecified atom stereocenters. The molecule has 2 nitrogen and oxygen atoms in total. The zero-order chi connectivity index (χ0) is 35.8. The van der Waals surface area contributed by atoms with Crippen LogP contribution in [0.15, 0.2) is 138 Å². The molecule has 0 saturated heterocycles. The molecule has 2 heterocycles. The number of hydrogen-bond donors (Lipinski definition) is 0. The molecule has 6 aliphatic carbocycles. The molecule has 2 heteroatoms.